The average molecular weight is 539 g/mol. The van der Waals surface area contributed by atoms with Crippen LogP contribution in [0, 0.1) is 23.2 Å². The molecule has 3 aromatic carbocycles. The predicted octanol–water partition coefficient (Wildman–Crippen LogP) is 5.95. The van der Waals surface area contributed by atoms with Gasteiger partial charge in [-0.3, -0.25) is 9.59 Å². The monoisotopic (exact) mass is 538 g/mol. The van der Waals surface area contributed by atoms with Gasteiger partial charge in [-0.05, 0) is 61.4 Å². The number of nitriles is 1. The van der Waals surface area contributed by atoms with Gasteiger partial charge in [0.15, 0.2) is 0 Å². The van der Waals surface area contributed by atoms with E-state index < -0.39 is 0 Å². The number of benzene rings is 3. The predicted molar refractivity (Wildman–Crippen MR) is 151 cm³/mol. The molecular weight excluding hydrogens is 504 g/mol. The highest BCUT2D eigenvalue weighted by atomic mass is 16.5. The van der Waals surface area contributed by atoms with Gasteiger partial charge in [-0.2, -0.15) is 5.26 Å². The summed E-state index contributed by atoms with van der Waals surface area (Å²) in [6, 6.07) is 23.4. The lowest BCUT2D eigenvalue weighted by Crippen LogP contribution is -2.27. The second kappa shape index (κ2) is 11.8. The quantitative estimate of drug-likeness (QED) is 0.321. The Bertz CT molecular complexity index is 1430. The number of hydrogen-bond donors (Lipinski definition) is 1. The van der Waals surface area contributed by atoms with Crippen molar-refractivity contribution in [1.29, 1.82) is 5.26 Å². The van der Waals surface area contributed by atoms with Crippen molar-refractivity contribution in [1.82, 2.24) is 0 Å². The molecule has 206 valence electrons. The molecule has 1 amide bonds. The van der Waals surface area contributed by atoms with Gasteiger partial charge in [0.05, 0.1) is 30.8 Å². The SMILES string of the molecule is CCOC(=O)CCCc1ccc(C#N)cc1NC(=O)C1C(C)C12CCOc1cc(OCc3ccccc3)ccc12. The minimum absolute atomic E-state index is 0.0634. The third-order valence-corrected chi connectivity index (χ3v) is 8.15. The third kappa shape index (κ3) is 5.53. The second-order valence-electron chi connectivity index (χ2n) is 10.5. The number of nitrogens with one attached hydrogen (secondary N) is 1. The van der Waals surface area contributed by atoms with Crippen molar-refractivity contribution < 1.29 is 23.8 Å². The number of hydrogen-bond acceptors (Lipinski definition) is 6. The summed E-state index contributed by atoms with van der Waals surface area (Å²) < 4.78 is 17.1. The van der Waals surface area contributed by atoms with Gasteiger partial charge in [0.2, 0.25) is 5.91 Å². The van der Waals surface area contributed by atoms with Crippen molar-refractivity contribution >= 4 is 17.6 Å². The highest BCUT2D eigenvalue weighted by Gasteiger charge is 2.67. The number of aryl methyl sites for hydroxylation is 1. The zero-order chi connectivity index (χ0) is 28.1. The number of fused-ring (bicyclic) bond motifs is 2. The van der Waals surface area contributed by atoms with Crippen LogP contribution in [0.25, 0.3) is 0 Å². The van der Waals surface area contributed by atoms with Gasteiger partial charge in [-0.25, -0.2) is 0 Å². The Morgan fingerprint density at radius 1 is 1.12 bits per heavy atom. The number of rotatable bonds is 10. The molecule has 1 heterocycles. The molecule has 1 N–H and O–H groups in total. The van der Waals surface area contributed by atoms with Crippen LogP contribution in [0.3, 0.4) is 0 Å². The number of amides is 1. The number of anilines is 1. The molecule has 1 aliphatic carbocycles. The molecule has 5 rings (SSSR count). The Kier molecular flexibility index (Phi) is 8.06. The summed E-state index contributed by atoms with van der Waals surface area (Å²) in [5.41, 5.74) is 3.82. The molecule has 0 radical (unpaired) electrons. The number of carbonyl (C=O) groups excluding carboxylic acids is 2. The molecular formula is C33H34N2O5. The van der Waals surface area contributed by atoms with Gasteiger partial charge in [0, 0.05) is 29.2 Å². The third-order valence-electron chi connectivity index (χ3n) is 8.15. The van der Waals surface area contributed by atoms with E-state index >= 15 is 0 Å². The molecule has 1 saturated carbocycles. The highest BCUT2D eigenvalue weighted by Crippen LogP contribution is 2.65. The van der Waals surface area contributed by atoms with E-state index in [0.29, 0.717) is 50.3 Å². The topological polar surface area (TPSA) is 97.7 Å². The summed E-state index contributed by atoms with van der Waals surface area (Å²) >= 11 is 0. The van der Waals surface area contributed by atoms with Gasteiger partial charge in [0.1, 0.15) is 18.1 Å². The van der Waals surface area contributed by atoms with E-state index in [1.807, 2.05) is 54.6 Å². The smallest absolute Gasteiger partial charge is 0.305 e. The van der Waals surface area contributed by atoms with Crippen molar-refractivity contribution in [2.24, 2.45) is 11.8 Å². The zero-order valence-electron chi connectivity index (χ0n) is 22.9. The fraction of sp³-hybridized carbons (Fsp3) is 0.364. The van der Waals surface area contributed by atoms with E-state index in [2.05, 4.69) is 18.3 Å². The number of ether oxygens (including phenoxy) is 3. The first-order valence-corrected chi connectivity index (χ1v) is 13.9. The largest absolute Gasteiger partial charge is 0.493 e. The van der Waals surface area contributed by atoms with Crippen molar-refractivity contribution in [3.63, 3.8) is 0 Å². The minimum atomic E-state index is -0.299. The van der Waals surface area contributed by atoms with Crippen molar-refractivity contribution in [2.45, 2.75) is 51.6 Å². The number of esters is 1. The van der Waals surface area contributed by atoms with Crippen LogP contribution in [0.1, 0.15) is 55.4 Å². The van der Waals surface area contributed by atoms with E-state index in [1.54, 1.807) is 19.1 Å². The zero-order valence-corrected chi connectivity index (χ0v) is 22.9. The summed E-state index contributed by atoms with van der Waals surface area (Å²) in [4.78, 5) is 25.5. The molecule has 3 atom stereocenters. The first kappa shape index (κ1) is 27.3. The lowest BCUT2D eigenvalue weighted by atomic mass is 9.86. The Hall–Kier alpha value is -4.31. The molecule has 7 nitrogen and oxygen atoms in total. The van der Waals surface area contributed by atoms with Crippen LogP contribution in [-0.4, -0.2) is 25.1 Å². The molecule has 1 fully saturated rings. The van der Waals surface area contributed by atoms with E-state index in [-0.39, 0.29) is 29.1 Å². The molecule has 3 unspecified atom stereocenters. The summed E-state index contributed by atoms with van der Waals surface area (Å²) in [6.07, 6.45) is 2.25. The Labute approximate surface area is 235 Å². The number of nitrogens with zero attached hydrogens (tertiary/aromatic N) is 1. The van der Waals surface area contributed by atoms with Crippen LogP contribution in [0.2, 0.25) is 0 Å². The summed E-state index contributed by atoms with van der Waals surface area (Å²) in [5, 5.41) is 12.6. The van der Waals surface area contributed by atoms with Crippen molar-refractivity contribution in [3.05, 3.63) is 89.0 Å². The van der Waals surface area contributed by atoms with Crippen LogP contribution in [0.15, 0.2) is 66.7 Å². The van der Waals surface area contributed by atoms with Crippen LogP contribution in [0.5, 0.6) is 11.5 Å². The maximum atomic E-state index is 13.7. The van der Waals surface area contributed by atoms with Crippen LogP contribution >= 0.6 is 0 Å². The lowest BCUT2D eigenvalue weighted by Gasteiger charge is -2.28. The molecule has 7 heteroatoms. The van der Waals surface area contributed by atoms with E-state index in [4.69, 9.17) is 14.2 Å². The van der Waals surface area contributed by atoms with Crippen LogP contribution < -0.4 is 14.8 Å². The van der Waals surface area contributed by atoms with Crippen LogP contribution in [-0.2, 0) is 32.8 Å². The van der Waals surface area contributed by atoms with Gasteiger partial charge < -0.3 is 19.5 Å². The summed E-state index contributed by atoms with van der Waals surface area (Å²) in [6.45, 7) is 5.26. The average Bonchev–Trinajstić information content (AvgIpc) is 3.55. The van der Waals surface area contributed by atoms with E-state index in [9.17, 15) is 14.9 Å². The van der Waals surface area contributed by atoms with Gasteiger partial charge >= 0.3 is 5.97 Å². The van der Waals surface area contributed by atoms with Crippen molar-refractivity contribution in [3.8, 4) is 17.6 Å². The summed E-state index contributed by atoms with van der Waals surface area (Å²) in [5.74, 6) is 1.12. The fourth-order valence-corrected chi connectivity index (χ4v) is 6.04. The van der Waals surface area contributed by atoms with E-state index in [0.717, 1.165) is 34.6 Å². The van der Waals surface area contributed by atoms with Crippen LogP contribution in [0.4, 0.5) is 5.69 Å². The Morgan fingerprint density at radius 3 is 2.73 bits per heavy atom. The molecule has 1 spiro atoms. The maximum Gasteiger partial charge on any atom is 0.305 e. The van der Waals surface area contributed by atoms with E-state index in [1.165, 1.54) is 0 Å². The molecule has 2 aliphatic rings. The Morgan fingerprint density at radius 2 is 1.95 bits per heavy atom. The maximum absolute atomic E-state index is 13.7. The second-order valence-corrected chi connectivity index (χ2v) is 10.5. The molecule has 0 bridgehead atoms. The van der Waals surface area contributed by atoms with Gasteiger partial charge in [-0.1, -0.05) is 49.4 Å². The lowest BCUT2D eigenvalue weighted by molar-refractivity contribution is -0.143. The molecule has 40 heavy (non-hydrogen) atoms. The molecule has 1 aliphatic heterocycles. The normalized spacial score (nSPS) is 20.5. The highest BCUT2D eigenvalue weighted by molar-refractivity contribution is 5.97. The molecule has 0 aromatic heterocycles. The standard InChI is InChI=1S/C33H34N2O5/c1-3-38-30(36)11-7-10-25-13-12-24(20-34)18-28(25)35-32(37)31-22(2)33(31)16-17-39-29-19-26(14-15-27(29)33)40-21-23-8-5-4-6-9-23/h4-6,8-9,12-15,18-19,22,31H,3,7,10-11,16-17,21H2,1-2H3,(H,35,37). The van der Waals surface area contributed by atoms with Crippen molar-refractivity contribution in [2.75, 3.05) is 18.5 Å². The fourth-order valence-electron chi connectivity index (χ4n) is 6.04. The van der Waals surface area contributed by atoms with Gasteiger partial charge in [-0.15, -0.1) is 0 Å². The summed E-state index contributed by atoms with van der Waals surface area (Å²) in [7, 11) is 0. The first-order chi connectivity index (χ1) is 19.5. The molecule has 3 aromatic rings. The van der Waals surface area contributed by atoms with Gasteiger partial charge in [0.25, 0.3) is 0 Å². The molecule has 0 saturated heterocycles. The first-order valence-electron chi connectivity index (χ1n) is 13.9. The Balaban J connectivity index is 1.30. The number of carbonyl (C=O) groups is 2. The minimum Gasteiger partial charge on any atom is -0.493 e.